The number of rotatable bonds is 5. The van der Waals surface area contributed by atoms with Crippen LogP contribution in [-0.2, 0) is 16.1 Å². The lowest BCUT2D eigenvalue weighted by atomic mass is 10.1. The van der Waals surface area contributed by atoms with E-state index in [4.69, 9.17) is 9.52 Å². The number of hydrogen-bond acceptors (Lipinski definition) is 3. The first-order valence-corrected chi connectivity index (χ1v) is 6.65. The number of carbonyl (C=O) groups is 2. The molecular formula is C14H19NO4. The number of aliphatic carboxylic acids is 1. The van der Waals surface area contributed by atoms with E-state index < -0.39 is 11.9 Å². The molecule has 0 radical (unpaired) electrons. The molecule has 1 N–H and O–H groups in total. The van der Waals surface area contributed by atoms with Gasteiger partial charge in [-0.25, -0.2) is 0 Å². The monoisotopic (exact) mass is 265 g/mol. The molecule has 1 aromatic heterocycles. The third-order valence-electron chi connectivity index (χ3n) is 3.70. The van der Waals surface area contributed by atoms with Crippen LogP contribution in [0.1, 0.15) is 38.4 Å². The van der Waals surface area contributed by atoms with Crippen LogP contribution >= 0.6 is 0 Å². The Hall–Kier alpha value is -1.78. The van der Waals surface area contributed by atoms with Gasteiger partial charge in [-0.1, -0.05) is 12.8 Å². The largest absolute Gasteiger partial charge is 0.481 e. The SMILES string of the molecule is CC(C(=O)O)C(=O)N(Cc1ccco1)C1CCCC1. The van der Waals surface area contributed by atoms with Gasteiger partial charge in [0.05, 0.1) is 12.8 Å². The van der Waals surface area contributed by atoms with Crippen LogP contribution < -0.4 is 0 Å². The minimum atomic E-state index is -1.08. The van der Waals surface area contributed by atoms with Crippen LogP contribution in [0.4, 0.5) is 0 Å². The van der Waals surface area contributed by atoms with E-state index in [9.17, 15) is 9.59 Å². The predicted octanol–water partition coefficient (Wildman–Crippen LogP) is 2.27. The van der Waals surface area contributed by atoms with Gasteiger partial charge in [0.2, 0.25) is 5.91 Å². The number of hydrogen-bond donors (Lipinski definition) is 1. The summed E-state index contributed by atoms with van der Waals surface area (Å²) in [7, 11) is 0. The maximum Gasteiger partial charge on any atom is 0.315 e. The Balaban J connectivity index is 2.13. The molecule has 5 nitrogen and oxygen atoms in total. The Morgan fingerprint density at radius 3 is 2.68 bits per heavy atom. The molecule has 0 aromatic carbocycles. The highest BCUT2D eigenvalue weighted by Crippen LogP contribution is 2.26. The van der Waals surface area contributed by atoms with E-state index in [1.165, 1.54) is 6.92 Å². The van der Waals surface area contributed by atoms with E-state index in [2.05, 4.69) is 0 Å². The van der Waals surface area contributed by atoms with Crippen molar-refractivity contribution >= 4 is 11.9 Å². The van der Waals surface area contributed by atoms with Crippen LogP contribution in [0.25, 0.3) is 0 Å². The third kappa shape index (κ3) is 3.16. The van der Waals surface area contributed by atoms with Gasteiger partial charge in [-0.3, -0.25) is 9.59 Å². The molecule has 1 heterocycles. The summed E-state index contributed by atoms with van der Waals surface area (Å²) in [4.78, 5) is 25.0. The summed E-state index contributed by atoms with van der Waals surface area (Å²) < 4.78 is 5.27. The number of furan rings is 1. The van der Waals surface area contributed by atoms with Gasteiger partial charge in [0.1, 0.15) is 11.7 Å². The average Bonchev–Trinajstić information content (AvgIpc) is 3.06. The van der Waals surface area contributed by atoms with E-state index in [0.717, 1.165) is 25.7 Å². The molecule has 0 bridgehead atoms. The fraction of sp³-hybridized carbons (Fsp3) is 0.571. The molecule has 104 valence electrons. The molecular weight excluding hydrogens is 246 g/mol. The van der Waals surface area contributed by atoms with Crippen molar-refractivity contribution in [2.75, 3.05) is 0 Å². The molecule has 1 aliphatic carbocycles. The molecule has 0 aliphatic heterocycles. The maximum absolute atomic E-state index is 12.3. The van der Waals surface area contributed by atoms with Crippen LogP contribution in [-0.4, -0.2) is 27.9 Å². The van der Waals surface area contributed by atoms with Gasteiger partial charge in [-0.2, -0.15) is 0 Å². The van der Waals surface area contributed by atoms with Gasteiger partial charge >= 0.3 is 5.97 Å². The van der Waals surface area contributed by atoms with Crippen molar-refractivity contribution in [3.63, 3.8) is 0 Å². The molecule has 1 saturated carbocycles. The average molecular weight is 265 g/mol. The smallest absolute Gasteiger partial charge is 0.315 e. The minimum Gasteiger partial charge on any atom is -0.481 e. The molecule has 0 spiro atoms. The molecule has 1 aliphatic rings. The molecule has 2 rings (SSSR count). The van der Waals surface area contributed by atoms with Gasteiger partial charge in [-0.15, -0.1) is 0 Å². The van der Waals surface area contributed by atoms with E-state index in [0.29, 0.717) is 12.3 Å². The second-order valence-electron chi connectivity index (χ2n) is 5.04. The van der Waals surface area contributed by atoms with Crippen molar-refractivity contribution in [2.24, 2.45) is 5.92 Å². The molecule has 1 unspecified atom stereocenters. The highest BCUT2D eigenvalue weighted by Gasteiger charge is 2.32. The fourth-order valence-electron chi connectivity index (χ4n) is 2.53. The van der Waals surface area contributed by atoms with Gasteiger partial charge in [0, 0.05) is 6.04 Å². The highest BCUT2D eigenvalue weighted by atomic mass is 16.4. The Kier molecular flexibility index (Phi) is 4.24. The first kappa shape index (κ1) is 13.6. The first-order valence-electron chi connectivity index (χ1n) is 6.65. The maximum atomic E-state index is 12.3. The molecule has 0 saturated heterocycles. The standard InChI is InChI=1S/C14H19NO4/c1-10(14(17)18)13(16)15(11-5-2-3-6-11)9-12-7-4-8-19-12/h4,7-8,10-11H,2-3,5-6,9H2,1H3,(H,17,18). The summed E-state index contributed by atoms with van der Waals surface area (Å²) in [5.41, 5.74) is 0. The zero-order valence-electron chi connectivity index (χ0n) is 11.0. The normalized spacial score (nSPS) is 17.3. The number of carbonyl (C=O) groups excluding carboxylic acids is 1. The number of amides is 1. The summed E-state index contributed by atoms with van der Waals surface area (Å²) in [6.45, 7) is 1.79. The van der Waals surface area contributed by atoms with Crippen LogP contribution in [0.5, 0.6) is 0 Å². The Bertz CT molecular complexity index is 434. The summed E-state index contributed by atoms with van der Waals surface area (Å²) in [5, 5.41) is 9.00. The summed E-state index contributed by atoms with van der Waals surface area (Å²) >= 11 is 0. The molecule has 1 amide bonds. The van der Waals surface area contributed by atoms with Crippen LogP contribution in [0.2, 0.25) is 0 Å². The minimum absolute atomic E-state index is 0.138. The van der Waals surface area contributed by atoms with Crippen LogP contribution in [0, 0.1) is 5.92 Å². The fourth-order valence-corrected chi connectivity index (χ4v) is 2.53. The quantitative estimate of drug-likeness (QED) is 0.829. The lowest BCUT2D eigenvalue weighted by molar-refractivity contribution is -0.151. The number of carboxylic acids is 1. The lowest BCUT2D eigenvalue weighted by Gasteiger charge is -2.29. The zero-order valence-corrected chi connectivity index (χ0v) is 11.0. The Labute approximate surface area is 112 Å². The summed E-state index contributed by atoms with van der Waals surface area (Å²) in [6, 6.07) is 3.72. The first-order chi connectivity index (χ1) is 9.09. The van der Waals surface area contributed by atoms with Crippen molar-refractivity contribution in [3.05, 3.63) is 24.2 Å². The number of carboxylic acid groups (broad SMARTS) is 1. The van der Waals surface area contributed by atoms with Crippen molar-refractivity contribution in [3.8, 4) is 0 Å². The summed E-state index contributed by atoms with van der Waals surface area (Å²) in [6.07, 6.45) is 5.63. The van der Waals surface area contributed by atoms with Crippen LogP contribution in [0.15, 0.2) is 22.8 Å². The molecule has 5 heteroatoms. The van der Waals surface area contributed by atoms with Gasteiger partial charge < -0.3 is 14.4 Å². The van der Waals surface area contributed by atoms with E-state index in [1.54, 1.807) is 23.3 Å². The summed E-state index contributed by atoms with van der Waals surface area (Å²) in [5.74, 6) is -1.71. The van der Waals surface area contributed by atoms with Crippen LogP contribution in [0.3, 0.4) is 0 Å². The highest BCUT2D eigenvalue weighted by molar-refractivity contribution is 5.96. The van der Waals surface area contributed by atoms with Gasteiger partial charge in [-0.05, 0) is 31.9 Å². The Morgan fingerprint density at radius 2 is 2.16 bits per heavy atom. The van der Waals surface area contributed by atoms with Gasteiger partial charge in [0.15, 0.2) is 0 Å². The molecule has 1 fully saturated rings. The van der Waals surface area contributed by atoms with E-state index in [1.807, 2.05) is 0 Å². The topological polar surface area (TPSA) is 70.8 Å². The lowest BCUT2D eigenvalue weighted by Crippen LogP contribution is -2.43. The predicted molar refractivity (Wildman–Crippen MR) is 68.3 cm³/mol. The Morgan fingerprint density at radius 1 is 1.47 bits per heavy atom. The molecule has 19 heavy (non-hydrogen) atoms. The second-order valence-corrected chi connectivity index (χ2v) is 5.04. The van der Waals surface area contributed by atoms with Crippen molar-refractivity contribution in [1.29, 1.82) is 0 Å². The van der Waals surface area contributed by atoms with E-state index in [-0.39, 0.29) is 11.9 Å². The van der Waals surface area contributed by atoms with Crippen molar-refractivity contribution in [1.82, 2.24) is 4.90 Å². The number of nitrogens with zero attached hydrogens (tertiary/aromatic N) is 1. The molecule has 1 aromatic rings. The molecule has 1 atom stereocenters. The van der Waals surface area contributed by atoms with Gasteiger partial charge in [0.25, 0.3) is 0 Å². The van der Waals surface area contributed by atoms with E-state index >= 15 is 0 Å². The second kappa shape index (κ2) is 5.91. The van der Waals surface area contributed by atoms with Crippen molar-refractivity contribution in [2.45, 2.75) is 45.2 Å². The third-order valence-corrected chi connectivity index (χ3v) is 3.70. The van der Waals surface area contributed by atoms with Crippen molar-refractivity contribution < 1.29 is 19.1 Å². The zero-order chi connectivity index (χ0) is 13.8.